The molecule has 2 aromatic carbocycles. The van der Waals surface area contributed by atoms with Crippen molar-refractivity contribution < 1.29 is 9.59 Å². The van der Waals surface area contributed by atoms with E-state index in [2.05, 4.69) is 5.32 Å². The molecule has 0 aromatic heterocycles. The Hall–Kier alpha value is -2.46. The highest BCUT2D eigenvalue weighted by Crippen LogP contribution is 2.11. The maximum Gasteiger partial charge on any atom is 0.241 e. The molecule has 2 aromatic rings. The maximum absolute atomic E-state index is 12.0. The van der Waals surface area contributed by atoms with E-state index in [0.29, 0.717) is 17.7 Å². The second-order valence-corrected chi connectivity index (χ2v) is 4.92. The second kappa shape index (κ2) is 6.81. The fourth-order valence-corrected chi connectivity index (χ4v) is 1.98. The fourth-order valence-electron chi connectivity index (χ4n) is 1.98. The molecule has 0 bridgehead atoms. The van der Waals surface area contributed by atoms with E-state index in [1.165, 1.54) is 6.92 Å². The molecule has 3 N–H and O–H groups in total. The molecule has 0 saturated heterocycles. The minimum atomic E-state index is -0.611. The van der Waals surface area contributed by atoms with Crippen molar-refractivity contribution in [2.75, 3.05) is 5.32 Å². The molecule has 2 rings (SSSR count). The molecule has 1 amide bonds. The van der Waals surface area contributed by atoms with Gasteiger partial charge in [-0.3, -0.25) is 9.59 Å². The topological polar surface area (TPSA) is 72.2 Å². The number of amides is 1. The van der Waals surface area contributed by atoms with E-state index in [9.17, 15) is 9.59 Å². The van der Waals surface area contributed by atoms with Crippen LogP contribution in [0.25, 0.3) is 0 Å². The van der Waals surface area contributed by atoms with E-state index in [-0.39, 0.29) is 11.7 Å². The van der Waals surface area contributed by atoms with E-state index in [1.807, 2.05) is 30.3 Å². The molecule has 0 radical (unpaired) electrons. The third kappa shape index (κ3) is 4.26. The van der Waals surface area contributed by atoms with Crippen molar-refractivity contribution in [3.63, 3.8) is 0 Å². The maximum atomic E-state index is 12.0. The molecular formula is C17H18N2O2. The quantitative estimate of drug-likeness (QED) is 0.827. The van der Waals surface area contributed by atoms with Crippen LogP contribution in [0.15, 0.2) is 54.6 Å². The first kappa shape index (κ1) is 14.9. The standard InChI is InChI=1S/C17H18N2O2/c1-12(20)14-7-9-15(10-8-14)19-17(21)16(18)11-13-5-3-2-4-6-13/h2-10,16H,11,18H2,1H3,(H,19,21). The Morgan fingerprint density at radius 3 is 2.24 bits per heavy atom. The molecule has 1 atom stereocenters. The van der Waals surface area contributed by atoms with E-state index in [4.69, 9.17) is 5.73 Å². The van der Waals surface area contributed by atoms with Gasteiger partial charge in [-0.15, -0.1) is 0 Å². The number of carbonyl (C=O) groups excluding carboxylic acids is 2. The van der Waals surface area contributed by atoms with Gasteiger partial charge < -0.3 is 11.1 Å². The van der Waals surface area contributed by atoms with Gasteiger partial charge in [-0.2, -0.15) is 0 Å². The third-order valence-corrected chi connectivity index (χ3v) is 3.19. The van der Waals surface area contributed by atoms with Crippen LogP contribution in [-0.2, 0) is 11.2 Å². The van der Waals surface area contributed by atoms with Gasteiger partial charge in [-0.1, -0.05) is 30.3 Å². The predicted molar refractivity (Wildman–Crippen MR) is 83.2 cm³/mol. The summed E-state index contributed by atoms with van der Waals surface area (Å²) in [5.74, 6) is -0.247. The first-order chi connectivity index (χ1) is 10.1. The van der Waals surface area contributed by atoms with Crippen molar-refractivity contribution in [1.29, 1.82) is 0 Å². The van der Waals surface area contributed by atoms with Crippen molar-refractivity contribution >= 4 is 17.4 Å². The van der Waals surface area contributed by atoms with Gasteiger partial charge in [0.05, 0.1) is 6.04 Å². The Bertz CT molecular complexity index is 621. The monoisotopic (exact) mass is 282 g/mol. The average molecular weight is 282 g/mol. The van der Waals surface area contributed by atoms with Gasteiger partial charge in [0.15, 0.2) is 5.78 Å². The Labute approximate surface area is 124 Å². The van der Waals surface area contributed by atoms with Crippen molar-refractivity contribution in [3.8, 4) is 0 Å². The molecule has 21 heavy (non-hydrogen) atoms. The molecule has 0 saturated carbocycles. The summed E-state index contributed by atoms with van der Waals surface area (Å²) in [7, 11) is 0. The lowest BCUT2D eigenvalue weighted by atomic mass is 10.1. The molecule has 4 heteroatoms. The molecule has 0 heterocycles. The highest BCUT2D eigenvalue weighted by atomic mass is 16.2. The molecule has 1 unspecified atom stereocenters. The summed E-state index contributed by atoms with van der Waals surface area (Å²) >= 11 is 0. The third-order valence-electron chi connectivity index (χ3n) is 3.19. The van der Waals surface area contributed by atoms with Crippen LogP contribution >= 0.6 is 0 Å². The van der Waals surface area contributed by atoms with Gasteiger partial charge in [0.2, 0.25) is 5.91 Å². The van der Waals surface area contributed by atoms with Gasteiger partial charge in [-0.25, -0.2) is 0 Å². The number of nitrogens with one attached hydrogen (secondary N) is 1. The summed E-state index contributed by atoms with van der Waals surface area (Å²) in [6, 6.07) is 15.8. The summed E-state index contributed by atoms with van der Waals surface area (Å²) in [6.45, 7) is 1.50. The Morgan fingerprint density at radius 2 is 1.67 bits per heavy atom. The van der Waals surface area contributed by atoms with Gasteiger partial charge in [0.1, 0.15) is 0 Å². The highest BCUT2D eigenvalue weighted by molar-refractivity contribution is 5.97. The van der Waals surface area contributed by atoms with Crippen molar-refractivity contribution in [1.82, 2.24) is 0 Å². The number of anilines is 1. The van der Waals surface area contributed by atoms with Gasteiger partial charge >= 0.3 is 0 Å². The second-order valence-electron chi connectivity index (χ2n) is 4.92. The number of ketones is 1. The normalized spacial score (nSPS) is 11.7. The number of benzene rings is 2. The number of hydrogen-bond donors (Lipinski definition) is 2. The zero-order chi connectivity index (χ0) is 15.2. The summed E-state index contributed by atoms with van der Waals surface area (Å²) in [5.41, 5.74) is 8.17. The number of carbonyl (C=O) groups is 2. The van der Waals surface area contributed by atoms with Crippen LogP contribution in [-0.4, -0.2) is 17.7 Å². The SMILES string of the molecule is CC(=O)c1ccc(NC(=O)C(N)Cc2ccccc2)cc1. The summed E-state index contributed by atoms with van der Waals surface area (Å²) in [4.78, 5) is 23.2. The first-order valence-electron chi connectivity index (χ1n) is 6.77. The molecule has 0 aliphatic carbocycles. The fraction of sp³-hybridized carbons (Fsp3) is 0.176. The van der Waals surface area contributed by atoms with Gasteiger partial charge in [-0.05, 0) is 43.2 Å². The molecule has 0 spiro atoms. The van der Waals surface area contributed by atoms with Gasteiger partial charge in [0.25, 0.3) is 0 Å². The Kier molecular flexibility index (Phi) is 4.85. The number of rotatable bonds is 5. The van der Waals surface area contributed by atoms with Crippen molar-refractivity contribution in [3.05, 3.63) is 65.7 Å². The van der Waals surface area contributed by atoms with Crippen LogP contribution in [0.5, 0.6) is 0 Å². The van der Waals surface area contributed by atoms with Crippen LogP contribution in [0.3, 0.4) is 0 Å². The lowest BCUT2D eigenvalue weighted by molar-refractivity contribution is -0.117. The first-order valence-corrected chi connectivity index (χ1v) is 6.77. The molecule has 0 aliphatic rings. The summed E-state index contributed by atoms with van der Waals surface area (Å²) in [5, 5.41) is 2.75. The van der Waals surface area contributed by atoms with Crippen LogP contribution in [0, 0.1) is 0 Å². The Balaban J connectivity index is 1.95. The van der Waals surface area contributed by atoms with Crippen LogP contribution in [0.2, 0.25) is 0 Å². The van der Waals surface area contributed by atoms with E-state index < -0.39 is 6.04 Å². The largest absolute Gasteiger partial charge is 0.325 e. The van der Waals surface area contributed by atoms with Crippen LogP contribution in [0.1, 0.15) is 22.8 Å². The Morgan fingerprint density at radius 1 is 1.05 bits per heavy atom. The zero-order valence-electron chi connectivity index (χ0n) is 11.9. The molecule has 4 nitrogen and oxygen atoms in total. The minimum Gasteiger partial charge on any atom is -0.325 e. The molecule has 0 aliphatic heterocycles. The lowest BCUT2D eigenvalue weighted by Gasteiger charge is -2.12. The lowest BCUT2D eigenvalue weighted by Crippen LogP contribution is -2.37. The zero-order valence-corrected chi connectivity index (χ0v) is 11.9. The minimum absolute atomic E-state index is 0.00587. The number of nitrogens with two attached hydrogens (primary N) is 1. The van der Waals surface area contributed by atoms with Crippen molar-refractivity contribution in [2.45, 2.75) is 19.4 Å². The van der Waals surface area contributed by atoms with Crippen LogP contribution < -0.4 is 11.1 Å². The average Bonchev–Trinajstić information content (AvgIpc) is 2.48. The molecular weight excluding hydrogens is 264 g/mol. The molecule has 108 valence electrons. The highest BCUT2D eigenvalue weighted by Gasteiger charge is 2.14. The predicted octanol–water partition coefficient (Wildman–Crippen LogP) is 2.40. The van der Waals surface area contributed by atoms with Crippen molar-refractivity contribution in [2.24, 2.45) is 5.73 Å². The number of Topliss-reactive ketones (excluding diaryl/α,β-unsaturated/α-hetero) is 1. The smallest absolute Gasteiger partial charge is 0.241 e. The van der Waals surface area contributed by atoms with E-state index in [0.717, 1.165) is 5.56 Å². The summed E-state index contributed by atoms with van der Waals surface area (Å²) in [6.07, 6.45) is 0.484. The van der Waals surface area contributed by atoms with Crippen LogP contribution in [0.4, 0.5) is 5.69 Å². The molecule has 0 fully saturated rings. The van der Waals surface area contributed by atoms with E-state index in [1.54, 1.807) is 24.3 Å². The summed E-state index contributed by atoms with van der Waals surface area (Å²) < 4.78 is 0. The van der Waals surface area contributed by atoms with Gasteiger partial charge in [0, 0.05) is 11.3 Å². The number of hydrogen-bond acceptors (Lipinski definition) is 3. The van der Waals surface area contributed by atoms with E-state index >= 15 is 0 Å².